The van der Waals surface area contributed by atoms with E-state index in [1.807, 2.05) is 23.7 Å². The molecule has 0 aliphatic rings. The lowest BCUT2D eigenvalue weighted by Gasteiger charge is -2.13. The first-order chi connectivity index (χ1) is 9.06. The number of nitrogens with zero attached hydrogens (tertiary/aromatic N) is 4. The average molecular weight is 259 g/mol. The Kier molecular flexibility index (Phi) is 4.27. The van der Waals surface area contributed by atoms with Gasteiger partial charge in [0.1, 0.15) is 12.2 Å². The van der Waals surface area contributed by atoms with Crippen LogP contribution in [0.25, 0.3) is 0 Å². The molecule has 0 amide bonds. The first-order valence-corrected chi connectivity index (χ1v) is 6.61. The van der Waals surface area contributed by atoms with Crippen molar-refractivity contribution in [2.75, 3.05) is 0 Å². The van der Waals surface area contributed by atoms with Gasteiger partial charge in [-0.1, -0.05) is 13.8 Å². The van der Waals surface area contributed by atoms with E-state index in [0.29, 0.717) is 12.3 Å². The summed E-state index contributed by atoms with van der Waals surface area (Å²) in [7, 11) is 0. The standard InChI is InChI=1S/C14H21N5/c1-10(2)8-19-14(17-9-18-19)7-13(15)12-4-5-16-11(3)6-12/h4-6,9-10,13H,7-8,15H2,1-3H3. The average Bonchev–Trinajstić information content (AvgIpc) is 2.75. The zero-order valence-electron chi connectivity index (χ0n) is 11.7. The maximum atomic E-state index is 6.25. The molecule has 102 valence electrons. The van der Waals surface area contributed by atoms with Crippen LogP contribution in [0.2, 0.25) is 0 Å². The van der Waals surface area contributed by atoms with Crippen molar-refractivity contribution in [3.63, 3.8) is 0 Å². The van der Waals surface area contributed by atoms with E-state index < -0.39 is 0 Å². The molecule has 0 radical (unpaired) electrons. The van der Waals surface area contributed by atoms with Crippen LogP contribution >= 0.6 is 0 Å². The van der Waals surface area contributed by atoms with E-state index in [-0.39, 0.29) is 6.04 Å². The molecule has 5 nitrogen and oxygen atoms in total. The zero-order valence-corrected chi connectivity index (χ0v) is 11.7. The first kappa shape index (κ1) is 13.7. The van der Waals surface area contributed by atoms with Gasteiger partial charge in [-0.15, -0.1) is 0 Å². The van der Waals surface area contributed by atoms with Crippen molar-refractivity contribution in [2.24, 2.45) is 11.7 Å². The molecule has 0 saturated heterocycles. The van der Waals surface area contributed by atoms with Gasteiger partial charge in [0.05, 0.1) is 0 Å². The van der Waals surface area contributed by atoms with E-state index in [2.05, 4.69) is 28.9 Å². The molecule has 2 aromatic rings. The van der Waals surface area contributed by atoms with Crippen LogP contribution < -0.4 is 5.73 Å². The van der Waals surface area contributed by atoms with Crippen LogP contribution in [0, 0.1) is 12.8 Å². The lowest BCUT2D eigenvalue weighted by atomic mass is 10.0. The summed E-state index contributed by atoms with van der Waals surface area (Å²) in [4.78, 5) is 8.50. The van der Waals surface area contributed by atoms with Crippen molar-refractivity contribution in [1.82, 2.24) is 19.7 Å². The van der Waals surface area contributed by atoms with Gasteiger partial charge in [0, 0.05) is 30.9 Å². The summed E-state index contributed by atoms with van der Waals surface area (Å²) < 4.78 is 1.94. The highest BCUT2D eigenvalue weighted by Gasteiger charge is 2.13. The molecule has 0 bridgehead atoms. The lowest BCUT2D eigenvalue weighted by Crippen LogP contribution is -2.18. The minimum Gasteiger partial charge on any atom is -0.324 e. The van der Waals surface area contributed by atoms with Crippen LogP contribution in [0.4, 0.5) is 0 Å². The highest BCUT2D eigenvalue weighted by molar-refractivity contribution is 5.20. The molecule has 0 aromatic carbocycles. The fourth-order valence-corrected chi connectivity index (χ4v) is 2.06. The molecule has 2 aromatic heterocycles. The normalized spacial score (nSPS) is 12.9. The molecule has 0 aliphatic heterocycles. The SMILES string of the molecule is Cc1cc(C(N)Cc2ncnn2CC(C)C)ccn1. The van der Waals surface area contributed by atoms with Crippen LogP contribution in [0.5, 0.6) is 0 Å². The lowest BCUT2D eigenvalue weighted by molar-refractivity contribution is 0.459. The van der Waals surface area contributed by atoms with Gasteiger partial charge >= 0.3 is 0 Å². The molecule has 0 fully saturated rings. The van der Waals surface area contributed by atoms with Gasteiger partial charge in [-0.2, -0.15) is 5.10 Å². The molecule has 0 spiro atoms. The Balaban J connectivity index is 2.10. The van der Waals surface area contributed by atoms with Crippen LogP contribution in [0.3, 0.4) is 0 Å². The van der Waals surface area contributed by atoms with Crippen molar-refractivity contribution in [3.8, 4) is 0 Å². The largest absolute Gasteiger partial charge is 0.324 e. The summed E-state index contributed by atoms with van der Waals surface area (Å²) >= 11 is 0. The second-order valence-corrected chi connectivity index (χ2v) is 5.29. The number of aryl methyl sites for hydroxylation is 1. The topological polar surface area (TPSA) is 69.6 Å². The zero-order chi connectivity index (χ0) is 13.8. The smallest absolute Gasteiger partial charge is 0.138 e. The van der Waals surface area contributed by atoms with Crippen molar-refractivity contribution >= 4 is 0 Å². The molecule has 2 N–H and O–H groups in total. The Morgan fingerprint density at radius 3 is 2.79 bits per heavy atom. The Bertz CT molecular complexity index is 532. The monoisotopic (exact) mass is 259 g/mol. The molecule has 2 rings (SSSR count). The fraction of sp³-hybridized carbons (Fsp3) is 0.500. The van der Waals surface area contributed by atoms with Crippen molar-refractivity contribution in [2.45, 2.75) is 39.8 Å². The van der Waals surface area contributed by atoms with Gasteiger partial charge in [-0.25, -0.2) is 9.67 Å². The Morgan fingerprint density at radius 1 is 1.32 bits per heavy atom. The maximum absolute atomic E-state index is 6.25. The second kappa shape index (κ2) is 5.93. The summed E-state index contributed by atoms with van der Waals surface area (Å²) in [5.41, 5.74) is 8.32. The number of pyridine rings is 1. The van der Waals surface area contributed by atoms with Crippen molar-refractivity contribution in [1.29, 1.82) is 0 Å². The van der Waals surface area contributed by atoms with E-state index in [9.17, 15) is 0 Å². The van der Waals surface area contributed by atoms with Gasteiger partial charge in [-0.3, -0.25) is 4.98 Å². The molecule has 5 heteroatoms. The third-order valence-electron chi connectivity index (χ3n) is 2.99. The van der Waals surface area contributed by atoms with Gasteiger partial charge in [0.2, 0.25) is 0 Å². The second-order valence-electron chi connectivity index (χ2n) is 5.29. The predicted octanol–water partition coefficient (Wildman–Crippen LogP) is 1.88. The molecule has 0 saturated carbocycles. The molecule has 1 atom stereocenters. The fourth-order valence-electron chi connectivity index (χ4n) is 2.06. The van der Waals surface area contributed by atoms with E-state index in [1.54, 1.807) is 12.5 Å². The Morgan fingerprint density at radius 2 is 2.11 bits per heavy atom. The number of hydrogen-bond acceptors (Lipinski definition) is 4. The molecular weight excluding hydrogens is 238 g/mol. The third-order valence-corrected chi connectivity index (χ3v) is 2.99. The van der Waals surface area contributed by atoms with E-state index in [4.69, 9.17) is 5.73 Å². The molecule has 1 unspecified atom stereocenters. The minimum atomic E-state index is -0.0724. The molecule has 19 heavy (non-hydrogen) atoms. The maximum Gasteiger partial charge on any atom is 0.138 e. The highest BCUT2D eigenvalue weighted by atomic mass is 15.3. The number of nitrogens with two attached hydrogens (primary N) is 1. The van der Waals surface area contributed by atoms with Gasteiger partial charge in [0.15, 0.2) is 0 Å². The van der Waals surface area contributed by atoms with Crippen LogP contribution in [-0.4, -0.2) is 19.7 Å². The number of rotatable bonds is 5. The minimum absolute atomic E-state index is 0.0724. The third kappa shape index (κ3) is 3.61. The first-order valence-electron chi connectivity index (χ1n) is 6.61. The quantitative estimate of drug-likeness (QED) is 0.890. The predicted molar refractivity (Wildman–Crippen MR) is 74.5 cm³/mol. The summed E-state index contributed by atoms with van der Waals surface area (Å²) in [6, 6.07) is 3.91. The van der Waals surface area contributed by atoms with Gasteiger partial charge in [-0.05, 0) is 30.5 Å². The molecular formula is C14H21N5. The highest BCUT2D eigenvalue weighted by Crippen LogP contribution is 2.15. The van der Waals surface area contributed by atoms with Crippen LogP contribution in [0.15, 0.2) is 24.7 Å². The Labute approximate surface area is 113 Å². The van der Waals surface area contributed by atoms with Gasteiger partial charge < -0.3 is 5.73 Å². The van der Waals surface area contributed by atoms with Crippen molar-refractivity contribution in [3.05, 3.63) is 41.7 Å². The summed E-state index contributed by atoms with van der Waals surface area (Å²) in [6.07, 6.45) is 4.09. The van der Waals surface area contributed by atoms with Crippen LogP contribution in [0.1, 0.15) is 37.0 Å². The van der Waals surface area contributed by atoms with Gasteiger partial charge in [0.25, 0.3) is 0 Å². The molecule has 0 aliphatic carbocycles. The Hall–Kier alpha value is -1.75. The summed E-state index contributed by atoms with van der Waals surface area (Å²) in [5, 5.41) is 4.26. The van der Waals surface area contributed by atoms with E-state index in [1.165, 1.54) is 0 Å². The van der Waals surface area contributed by atoms with Crippen LogP contribution in [-0.2, 0) is 13.0 Å². The number of hydrogen-bond donors (Lipinski definition) is 1. The van der Waals surface area contributed by atoms with Crippen molar-refractivity contribution < 1.29 is 0 Å². The molecule has 2 heterocycles. The van der Waals surface area contributed by atoms with E-state index >= 15 is 0 Å². The number of aromatic nitrogens is 4. The summed E-state index contributed by atoms with van der Waals surface area (Å²) in [6.45, 7) is 7.17. The summed E-state index contributed by atoms with van der Waals surface area (Å²) in [5.74, 6) is 1.48. The van der Waals surface area contributed by atoms with E-state index in [0.717, 1.165) is 23.6 Å².